The number of pyridine rings is 1. The van der Waals surface area contributed by atoms with Gasteiger partial charge in [0.2, 0.25) is 0 Å². The highest BCUT2D eigenvalue weighted by atomic mass is 19.1. The fourth-order valence-electron chi connectivity index (χ4n) is 3.60. The number of nitrogens with zero attached hydrogens (tertiary/aromatic N) is 4. The highest BCUT2D eigenvalue weighted by Crippen LogP contribution is 2.30. The minimum Gasteiger partial charge on any atom is -0.367 e. The highest BCUT2D eigenvalue weighted by molar-refractivity contribution is 5.96. The molecule has 1 aromatic heterocycles. The second-order valence-electron chi connectivity index (χ2n) is 7.27. The number of nitrogens with one attached hydrogen (secondary N) is 1. The zero-order chi connectivity index (χ0) is 19.7. The lowest BCUT2D eigenvalue weighted by atomic mass is 10.1. The molecule has 3 heterocycles. The second-order valence-corrected chi connectivity index (χ2v) is 7.27. The van der Waals surface area contributed by atoms with E-state index in [1.165, 1.54) is 6.07 Å². The van der Waals surface area contributed by atoms with E-state index in [9.17, 15) is 13.6 Å². The van der Waals surface area contributed by atoms with Crippen molar-refractivity contribution in [3.8, 4) is 0 Å². The van der Waals surface area contributed by atoms with Gasteiger partial charge in [0.15, 0.2) is 0 Å². The summed E-state index contributed by atoms with van der Waals surface area (Å²) < 4.78 is 27.6. The largest absolute Gasteiger partial charge is 0.367 e. The Balaban J connectivity index is 1.58. The van der Waals surface area contributed by atoms with Crippen LogP contribution >= 0.6 is 0 Å². The van der Waals surface area contributed by atoms with Gasteiger partial charge in [0.1, 0.15) is 17.5 Å². The maximum atomic E-state index is 14.1. The molecule has 0 radical (unpaired) electrons. The van der Waals surface area contributed by atoms with Crippen LogP contribution in [0.4, 0.5) is 20.3 Å². The number of benzene rings is 1. The molecule has 0 bridgehead atoms. The van der Waals surface area contributed by atoms with E-state index < -0.39 is 11.6 Å². The van der Waals surface area contributed by atoms with Gasteiger partial charge < -0.3 is 20.0 Å². The van der Waals surface area contributed by atoms with Crippen molar-refractivity contribution in [2.45, 2.75) is 6.54 Å². The molecule has 4 rings (SSSR count). The molecule has 8 heteroatoms. The summed E-state index contributed by atoms with van der Waals surface area (Å²) in [6.07, 6.45) is 1.58. The molecule has 0 spiro atoms. The van der Waals surface area contributed by atoms with E-state index in [0.717, 1.165) is 30.9 Å². The van der Waals surface area contributed by atoms with Crippen LogP contribution < -0.4 is 10.2 Å². The predicted molar refractivity (Wildman–Crippen MR) is 104 cm³/mol. The first-order valence-electron chi connectivity index (χ1n) is 9.42. The Hall–Kier alpha value is -2.74. The Morgan fingerprint density at radius 1 is 1.14 bits per heavy atom. The predicted octanol–water partition coefficient (Wildman–Crippen LogP) is 2.18. The molecule has 28 heavy (non-hydrogen) atoms. The van der Waals surface area contributed by atoms with Gasteiger partial charge >= 0.3 is 0 Å². The molecular formula is C20H23F2N5O. The van der Waals surface area contributed by atoms with Gasteiger partial charge in [-0.15, -0.1) is 0 Å². The van der Waals surface area contributed by atoms with E-state index in [-0.39, 0.29) is 18.0 Å². The van der Waals surface area contributed by atoms with Crippen molar-refractivity contribution in [2.75, 3.05) is 56.5 Å². The zero-order valence-electron chi connectivity index (χ0n) is 15.8. The lowest BCUT2D eigenvalue weighted by Gasteiger charge is -2.34. The molecule has 1 saturated heterocycles. The Bertz CT molecular complexity index is 883. The average molecular weight is 387 g/mol. The summed E-state index contributed by atoms with van der Waals surface area (Å²) in [6.45, 7) is 4.52. The van der Waals surface area contributed by atoms with Gasteiger partial charge in [0, 0.05) is 57.6 Å². The number of hydrogen-bond donors (Lipinski definition) is 1. The average Bonchev–Trinajstić information content (AvgIpc) is 2.71. The van der Waals surface area contributed by atoms with Crippen molar-refractivity contribution in [3.63, 3.8) is 0 Å². The van der Waals surface area contributed by atoms with Crippen molar-refractivity contribution in [1.82, 2.24) is 14.8 Å². The Morgan fingerprint density at radius 3 is 2.71 bits per heavy atom. The van der Waals surface area contributed by atoms with Crippen LogP contribution in [-0.4, -0.2) is 67.0 Å². The molecule has 148 valence electrons. The number of amides is 1. The van der Waals surface area contributed by atoms with E-state index in [1.807, 2.05) is 16.8 Å². The number of piperazine rings is 1. The van der Waals surface area contributed by atoms with Gasteiger partial charge in [-0.3, -0.25) is 4.79 Å². The van der Waals surface area contributed by atoms with Crippen molar-refractivity contribution >= 4 is 17.4 Å². The van der Waals surface area contributed by atoms with Crippen LogP contribution in [-0.2, 0) is 6.54 Å². The molecule has 1 N–H and O–H groups in total. The number of hydrogen-bond acceptors (Lipinski definition) is 5. The minimum absolute atomic E-state index is 0.0501. The molecule has 6 nitrogen and oxygen atoms in total. The molecule has 0 atom stereocenters. The quantitative estimate of drug-likeness (QED) is 0.875. The summed E-state index contributed by atoms with van der Waals surface area (Å²) in [5, 5.41) is 3.20. The summed E-state index contributed by atoms with van der Waals surface area (Å²) in [4.78, 5) is 23.2. The molecule has 1 fully saturated rings. The maximum absolute atomic E-state index is 14.1. The van der Waals surface area contributed by atoms with E-state index in [4.69, 9.17) is 0 Å². The monoisotopic (exact) mass is 387 g/mol. The molecule has 2 aliphatic heterocycles. The van der Waals surface area contributed by atoms with Crippen molar-refractivity contribution in [2.24, 2.45) is 0 Å². The number of likely N-dealkylation sites (N-methyl/N-ethyl adjacent to an activating group) is 1. The van der Waals surface area contributed by atoms with Gasteiger partial charge in [-0.2, -0.15) is 0 Å². The van der Waals surface area contributed by atoms with Gasteiger partial charge in [-0.1, -0.05) is 0 Å². The molecule has 0 aliphatic carbocycles. The molecular weight excluding hydrogens is 364 g/mol. The third kappa shape index (κ3) is 3.77. The van der Waals surface area contributed by atoms with E-state index >= 15 is 0 Å². The number of anilines is 2. The number of carbonyl (C=O) groups excluding carboxylic acids is 1. The fourth-order valence-corrected chi connectivity index (χ4v) is 3.60. The summed E-state index contributed by atoms with van der Waals surface area (Å²) in [5.74, 6) is -0.313. The molecule has 1 amide bonds. The molecule has 1 aromatic carbocycles. The van der Waals surface area contributed by atoms with E-state index in [1.54, 1.807) is 12.3 Å². The SMILES string of the molecule is CN1CCN(C(=O)c2cnc3c(c2)N(Cc2cc(F)ccc2F)CCN3)CC1. The van der Waals surface area contributed by atoms with Crippen LogP contribution in [0.1, 0.15) is 15.9 Å². The fraction of sp³-hybridized carbons (Fsp3) is 0.400. The third-order valence-electron chi connectivity index (χ3n) is 5.29. The Labute approximate surface area is 162 Å². The first-order chi connectivity index (χ1) is 13.5. The van der Waals surface area contributed by atoms with Gasteiger partial charge in [-0.05, 0) is 31.3 Å². The van der Waals surface area contributed by atoms with Crippen LogP contribution in [0.15, 0.2) is 30.5 Å². The van der Waals surface area contributed by atoms with Crippen molar-refractivity contribution in [3.05, 3.63) is 53.2 Å². The Morgan fingerprint density at radius 2 is 1.93 bits per heavy atom. The third-order valence-corrected chi connectivity index (χ3v) is 5.29. The molecule has 2 aromatic rings. The van der Waals surface area contributed by atoms with Crippen molar-refractivity contribution in [1.29, 1.82) is 0 Å². The molecule has 0 saturated carbocycles. The topological polar surface area (TPSA) is 51.7 Å². The summed E-state index contributed by atoms with van der Waals surface area (Å²) >= 11 is 0. The van der Waals surface area contributed by atoms with E-state index in [2.05, 4.69) is 15.2 Å². The smallest absolute Gasteiger partial charge is 0.255 e. The second kappa shape index (κ2) is 7.71. The van der Waals surface area contributed by atoms with Crippen LogP contribution in [0, 0.1) is 11.6 Å². The normalized spacial score (nSPS) is 17.2. The lowest BCUT2D eigenvalue weighted by Crippen LogP contribution is -2.47. The zero-order valence-corrected chi connectivity index (χ0v) is 15.8. The van der Waals surface area contributed by atoms with Gasteiger partial charge in [0.05, 0.1) is 11.3 Å². The van der Waals surface area contributed by atoms with Gasteiger partial charge in [-0.25, -0.2) is 13.8 Å². The standard InChI is InChI=1S/C20H23F2N5O/c1-25-6-8-26(9-7-25)20(28)14-11-18-19(24-12-14)23-4-5-27(18)13-15-10-16(21)2-3-17(15)22/h2-3,10-12H,4-9,13H2,1H3,(H,23,24). The van der Waals surface area contributed by atoms with Crippen molar-refractivity contribution < 1.29 is 13.6 Å². The highest BCUT2D eigenvalue weighted by Gasteiger charge is 2.24. The maximum Gasteiger partial charge on any atom is 0.255 e. The summed E-state index contributed by atoms with van der Waals surface area (Å²) in [7, 11) is 2.04. The lowest BCUT2D eigenvalue weighted by molar-refractivity contribution is 0.0663. The van der Waals surface area contributed by atoms with Crippen LogP contribution in [0.25, 0.3) is 0 Å². The number of halogens is 2. The van der Waals surface area contributed by atoms with Crippen LogP contribution in [0.3, 0.4) is 0 Å². The number of aromatic nitrogens is 1. The number of carbonyl (C=O) groups is 1. The number of fused-ring (bicyclic) bond motifs is 1. The molecule has 2 aliphatic rings. The van der Waals surface area contributed by atoms with E-state index in [0.29, 0.717) is 37.6 Å². The summed E-state index contributed by atoms with van der Waals surface area (Å²) in [5.41, 5.74) is 1.52. The first-order valence-corrected chi connectivity index (χ1v) is 9.42. The molecule has 0 unspecified atom stereocenters. The van der Waals surface area contributed by atoms with Crippen LogP contribution in [0.5, 0.6) is 0 Å². The van der Waals surface area contributed by atoms with Gasteiger partial charge in [0.25, 0.3) is 5.91 Å². The minimum atomic E-state index is -0.469. The summed E-state index contributed by atoms with van der Waals surface area (Å²) in [6, 6.07) is 5.26. The first kappa shape index (κ1) is 18.6. The number of rotatable bonds is 3. The Kier molecular flexibility index (Phi) is 5.13. The van der Waals surface area contributed by atoms with Crippen LogP contribution in [0.2, 0.25) is 0 Å².